The van der Waals surface area contributed by atoms with Gasteiger partial charge in [0.1, 0.15) is 5.82 Å². The van der Waals surface area contributed by atoms with E-state index in [2.05, 4.69) is 14.8 Å². The molecule has 0 radical (unpaired) electrons. The Balaban J connectivity index is 1.39. The number of aromatic nitrogens is 3. The Morgan fingerprint density at radius 3 is 3.00 bits per heavy atom. The van der Waals surface area contributed by atoms with Crippen LogP contribution in [0.5, 0.6) is 0 Å². The minimum Gasteiger partial charge on any atom is -0.338 e. The van der Waals surface area contributed by atoms with E-state index in [1.807, 2.05) is 29.5 Å². The fourth-order valence-electron chi connectivity index (χ4n) is 3.85. The van der Waals surface area contributed by atoms with Crippen LogP contribution in [0.15, 0.2) is 17.5 Å². The van der Waals surface area contributed by atoms with Crippen molar-refractivity contribution in [3.05, 3.63) is 34.0 Å². The van der Waals surface area contributed by atoms with Gasteiger partial charge in [-0.2, -0.15) is 0 Å². The van der Waals surface area contributed by atoms with Gasteiger partial charge in [-0.3, -0.25) is 9.59 Å². The lowest BCUT2D eigenvalue weighted by Gasteiger charge is -2.33. The summed E-state index contributed by atoms with van der Waals surface area (Å²) >= 11 is 1.45. The molecule has 26 heavy (non-hydrogen) atoms. The van der Waals surface area contributed by atoms with E-state index in [0.29, 0.717) is 13.1 Å². The van der Waals surface area contributed by atoms with Gasteiger partial charge in [0.15, 0.2) is 5.82 Å². The van der Waals surface area contributed by atoms with E-state index in [1.54, 1.807) is 4.90 Å². The first-order chi connectivity index (χ1) is 12.6. The lowest BCUT2D eigenvalue weighted by Crippen LogP contribution is -2.45. The first-order valence-corrected chi connectivity index (χ1v) is 10.00. The number of piperidine rings is 1. The summed E-state index contributed by atoms with van der Waals surface area (Å²) < 4.78 is 2.12. The number of amides is 2. The lowest BCUT2D eigenvalue weighted by atomic mass is 9.96. The van der Waals surface area contributed by atoms with Crippen LogP contribution < -0.4 is 0 Å². The highest BCUT2D eigenvalue weighted by Crippen LogP contribution is 2.23. The SMILES string of the molecule is CN(Cc1nnc2n1CCC2)C(=O)C1CCCN(C(=O)c2cccs2)C1. The molecule has 1 fully saturated rings. The molecule has 2 aliphatic heterocycles. The monoisotopic (exact) mass is 373 g/mol. The summed E-state index contributed by atoms with van der Waals surface area (Å²) in [5, 5.41) is 10.4. The molecule has 138 valence electrons. The quantitative estimate of drug-likeness (QED) is 0.819. The number of nitrogens with zero attached hydrogens (tertiary/aromatic N) is 5. The van der Waals surface area contributed by atoms with E-state index < -0.39 is 0 Å². The number of hydrogen-bond acceptors (Lipinski definition) is 5. The molecule has 4 rings (SSSR count). The zero-order valence-electron chi connectivity index (χ0n) is 14.9. The molecule has 0 spiro atoms. The minimum atomic E-state index is -0.140. The Hall–Kier alpha value is -2.22. The largest absolute Gasteiger partial charge is 0.338 e. The number of likely N-dealkylation sites (tertiary alicyclic amines) is 1. The third-order valence-electron chi connectivity index (χ3n) is 5.23. The molecule has 1 unspecified atom stereocenters. The van der Waals surface area contributed by atoms with Crippen LogP contribution in [0.4, 0.5) is 0 Å². The number of carbonyl (C=O) groups excluding carboxylic acids is 2. The van der Waals surface area contributed by atoms with Crippen molar-refractivity contribution in [2.75, 3.05) is 20.1 Å². The second-order valence-electron chi connectivity index (χ2n) is 7.05. The predicted molar refractivity (Wildman–Crippen MR) is 97.8 cm³/mol. The van der Waals surface area contributed by atoms with E-state index in [0.717, 1.165) is 55.3 Å². The first kappa shape index (κ1) is 17.2. The van der Waals surface area contributed by atoms with Crippen molar-refractivity contribution in [2.24, 2.45) is 5.92 Å². The molecule has 2 aromatic rings. The average Bonchev–Trinajstić information content (AvgIpc) is 3.40. The fourth-order valence-corrected chi connectivity index (χ4v) is 4.54. The van der Waals surface area contributed by atoms with Gasteiger partial charge in [0, 0.05) is 33.1 Å². The molecule has 2 aromatic heterocycles. The van der Waals surface area contributed by atoms with Crippen LogP contribution in [0.2, 0.25) is 0 Å². The maximum absolute atomic E-state index is 12.9. The molecular formula is C18H23N5O2S. The molecule has 0 saturated carbocycles. The highest BCUT2D eigenvalue weighted by molar-refractivity contribution is 7.12. The van der Waals surface area contributed by atoms with E-state index in [9.17, 15) is 9.59 Å². The Morgan fingerprint density at radius 2 is 2.19 bits per heavy atom. The Kier molecular flexibility index (Phi) is 4.76. The van der Waals surface area contributed by atoms with E-state index in [1.165, 1.54) is 11.3 Å². The van der Waals surface area contributed by atoms with Crippen LogP contribution in [0.1, 0.15) is 40.6 Å². The maximum atomic E-state index is 12.9. The van der Waals surface area contributed by atoms with E-state index >= 15 is 0 Å². The van der Waals surface area contributed by atoms with Crippen molar-refractivity contribution in [1.29, 1.82) is 0 Å². The van der Waals surface area contributed by atoms with Gasteiger partial charge in [-0.1, -0.05) is 6.07 Å². The third-order valence-corrected chi connectivity index (χ3v) is 6.09. The molecule has 0 bridgehead atoms. The fraction of sp³-hybridized carbons (Fsp3) is 0.556. The normalized spacial score (nSPS) is 19.4. The van der Waals surface area contributed by atoms with Crippen molar-refractivity contribution >= 4 is 23.2 Å². The number of aryl methyl sites for hydroxylation is 1. The van der Waals surface area contributed by atoms with Gasteiger partial charge in [0.05, 0.1) is 17.3 Å². The molecular weight excluding hydrogens is 350 g/mol. The molecule has 7 nitrogen and oxygen atoms in total. The first-order valence-electron chi connectivity index (χ1n) is 9.12. The van der Waals surface area contributed by atoms with Crippen molar-refractivity contribution in [1.82, 2.24) is 24.6 Å². The smallest absolute Gasteiger partial charge is 0.263 e. The summed E-state index contributed by atoms with van der Waals surface area (Å²) in [6.45, 7) is 2.63. The van der Waals surface area contributed by atoms with E-state index in [-0.39, 0.29) is 17.7 Å². The van der Waals surface area contributed by atoms with Crippen LogP contribution in [0.25, 0.3) is 0 Å². The number of carbonyl (C=O) groups is 2. The summed E-state index contributed by atoms with van der Waals surface area (Å²) in [4.78, 5) is 29.8. The van der Waals surface area contributed by atoms with Crippen LogP contribution in [-0.4, -0.2) is 56.5 Å². The van der Waals surface area contributed by atoms with Crippen LogP contribution in [0.3, 0.4) is 0 Å². The van der Waals surface area contributed by atoms with Gasteiger partial charge >= 0.3 is 0 Å². The van der Waals surface area contributed by atoms with Crippen molar-refractivity contribution < 1.29 is 9.59 Å². The number of fused-ring (bicyclic) bond motifs is 1. The van der Waals surface area contributed by atoms with Crippen LogP contribution in [-0.2, 0) is 24.3 Å². The topological polar surface area (TPSA) is 71.3 Å². The average molecular weight is 373 g/mol. The summed E-state index contributed by atoms with van der Waals surface area (Å²) in [6, 6.07) is 3.73. The standard InChI is InChI=1S/C18H23N5O2S/c1-21(12-16-20-19-15-7-3-9-23(15)16)17(24)13-5-2-8-22(11-13)18(25)14-6-4-10-26-14/h4,6,10,13H,2-3,5,7-9,11-12H2,1H3. The molecule has 0 aromatic carbocycles. The molecule has 0 aliphatic carbocycles. The second-order valence-corrected chi connectivity index (χ2v) is 8.00. The molecule has 2 aliphatic rings. The van der Waals surface area contributed by atoms with Gasteiger partial charge in [0.2, 0.25) is 5.91 Å². The van der Waals surface area contributed by atoms with Crippen LogP contribution in [0, 0.1) is 5.92 Å². The lowest BCUT2D eigenvalue weighted by molar-refractivity contribution is -0.136. The molecule has 1 atom stereocenters. The number of rotatable bonds is 4. The molecule has 8 heteroatoms. The van der Waals surface area contributed by atoms with Crippen molar-refractivity contribution in [3.8, 4) is 0 Å². The van der Waals surface area contributed by atoms with Gasteiger partial charge < -0.3 is 14.4 Å². The Labute approximate surface area is 156 Å². The molecule has 4 heterocycles. The number of thiophene rings is 1. The molecule has 1 saturated heterocycles. The number of hydrogen-bond donors (Lipinski definition) is 0. The van der Waals surface area contributed by atoms with Crippen molar-refractivity contribution in [2.45, 2.75) is 38.8 Å². The molecule has 2 amide bonds. The Bertz CT molecular complexity index is 801. The van der Waals surface area contributed by atoms with Crippen molar-refractivity contribution in [3.63, 3.8) is 0 Å². The minimum absolute atomic E-state index is 0.0374. The Morgan fingerprint density at radius 1 is 1.31 bits per heavy atom. The highest BCUT2D eigenvalue weighted by atomic mass is 32.1. The van der Waals surface area contributed by atoms with Gasteiger partial charge in [-0.25, -0.2) is 0 Å². The summed E-state index contributed by atoms with van der Waals surface area (Å²) in [7, 11) is 1.82. The highest BCUT2D eigenvalue weighted by Gasteiger charge is 2.31. The van der Waals surface area contributed by atoms with E-state index in [4.69, 9.17) is 0 Å². The predicted octanol–water partition coefficient (Wildman–Crippen LogP) is 1.80. The summed E-state index contributed by atoms with van der Waals surface area (Å²) in [5.74, 6) is 1.86. The summed E-state index contributed by atoms with van der Waals surface area (Å²) in [5.41, 5.74) is 0. The third kappa shape index (κ3) is 3.25. The molecule has 0 N–H and O–H groups in total. The van der Waals surface area contributed by atoms with Gasteiger partial charge in [-0.05, 0) is 30.7 Å². The second kappa shape index (κ2) is 7.19. The zero-order chi connectivity index (χ0) is 18.1. The maximum Gasteiger partial charge on any atom is 0.263 e. The zero-order valence-corrected chi connectivity index (χ0v) is 15.7. The van der Waals surface area contributed by atoms with Gasteiger partial charge in [0.25, 0.3) is 5.91 Å². The summed E-state index contributed by atoms with van der Waals surface area (Å²) in [6.07, 6.45) is 3.75. The van der Waals surface area contributed by atoms with Gasteiger partial charge in [-0.15, -0.1) is 21.5 Å². The van der Waals surface area contributed by atoms with Crippen LogP contribution >= 0.6 is 11.3 Å².